The van der Waals surface area contributed by atoms with Crippen molar-refractivity contribution in [2.24, 2.45) is 5.92 Å². The van der Waals surface area contributed by atoms with Gasteiger partial charge in [0.25, 0.3) is 5.91 Å². The highest BCUT2D eigenvalue weighted by Crippen LogP contribution is 2.26. The van der Waals surface area contributed by atoms with Gasteiger partial charge in [0.05, 0.1) is 36.8 Å². The third kappa shape index (κ3) is 5.08. The minimum Gasteiger partial charge on any atom is -0.495 e. The number of likely N-dealkylation sites (tertiary alicyclic amines) is 1. The van der Waals surface area contributed by atoms with Crippen molar-refractivity contribution in [3.8, 4) is 5.75 Å². The van der Waals surface area contributed by atoms with Crippen LogP contribution in [-0.4, -0.2) is 46.7 Å². The van der Waals surface area contributed by atoms with Gasteiger partial charge in [-0.2, -0.15) is 5.10 Å². The first kappa shape index (κ1) is 22.6. The lowest BCUT2D eigenvalue weighted by Gasteiger charge is -2.31. The van der Waals surface area contributed by atoms with Gasteiger partial charge in [-0.15, -0.1) is 0 Å². The van der Waals surface area contributed by atoms with Crippen LogP contribution in [0, 0.1) is 5.92 Å². The summed E-state index contributed by atoms with van der Waals surface area (Å²) in [6, 6.07) is 17.5. The Morgan fingerprint density at radius 1 is 1.06 bits per heavy atom. The molecule has 1 fully saturated rings. The van der Waals surface area contributed by atoms with Crippen LogP contribution in [0.4, 0.5) is 5.69 Å². The number of hydrogen-bond donors (Lipinski definition) is 1. The Kier molecular flexibility index (Phi) is 7.07. The number of carbonyl (C=O) groups excluding carboxylic acids is 2. The number of benzene rings is 2. The van der Waals surface area contributed by atoms with Gasteiger partial charge >= 0.3 is 0 Å². The first-order valence-corrected chi connectivity index (χ1v) is 11.4. The topological polar surface area (TPSA) is 76.5 Å². The molecule has 7 heteroatoms. The van der Waals surface area contributed by atoms with Gasteiger partial charge in [0.1, 0.15) is 5.75 Å². The third-order valence-electron chi connectivity index (χ3n) is 6.21. The summed E-state index contributed by atoms with van der Waals surface area (Å²) >= 11 is 0. The molecule has 3 aromatic rings. The first-order valence-electron chi connectivity index (χ1n) is 11.4. The van der Waals surface area contributed by atoms with Crippen molar-refractivity contribution in [3.05, 3.63) is 77.6 Å². The molecule has 0 spiro atoms. The van der Waals surface area contributed by atoms with Crippen molar-refractivity contribution in [1.82, 2.24) is 14.7 Å². The quantitative estimate of drug-likeness (QED) is 0.595. The Morgan fingerprint density at radius 3 is 2.45 bits per heavy atom. The lowest BCUT2D eigenvalue weighted by atomic mass is 9.95. The Hall–Kier alpha value is -3.61. The number of carbonyl (C=O) groups is 2. The van der Waals surface area contributed by atoms with Crippen LogP contribution in [0.3, 0.4) is 0 Å². The van der Waals surface area contributed by atoms with Crippen LogP contribution in [-0.2, 0) is 17.8 Å². The van der Waals surface area contributed by atoms with Gasteiger partial charge in [-0.1, -0.05) is 49.4 Å². The predicted octanol–water partition coefficient (Wildman–Crippen LogP) is 3.99. The maximum absolute atomic E-state index is 13.3. The molecule has 7 nitrogen and oxygen atoms in total. The first-order chi connectivity index (χ1) is 16.1. The lowest BCUT2D eigenvalue weighted by Crippen LogP contribution is -2.41. The summed E-state index contributed by atoms with van der Waals surface area (Å²) in [7, 11) is 1.58. The number of anilines is 1. The van der Waals surface area contributed by atoms with Crippen LogP contribution in [0.2, 0.25) is 0 Å². The average Bonchev–Trinajstić information content (AvgIpc) is 3.27. The number of hydrogen-bond acceptors (Lipinski definition) is 4. The van der Waals surface area contributed by atoms with Gasteiger partial charge in [0.15, 0.2) is 0 Å². The molecule has 1 aromatic heterocycles. The number of piperidine rings is 1. The number of amides is 2. The van der Waals surface area contributed by atoms with Gasteiger partial charge in [0.2, 0.25) is 5.91 Å². The Bertz CT molecular complexity index is 1100. The van der Waals surface area contributed by atoms with Crippen molar-refractivity contribution in [2.45, 2.75) is 32.7 Å². The summed E-state index contributed by atoms with van der Waals surface area (Å²) in [5, 5.41) is 7.47. The van der Waals surface area contributed by atoms with Crippen LogP contribution in [0.1, 0.15) is 41.4 Å². The standard InChI is InChI=1S/C26H30N4O3/c1-3-23-21(17-27-30(23)18-19-9-5-4-6-10-19)26(32)29-15-13-20(14-16-29)25(31)28-22-11-7-8-12-24(22)33-2/h4-12,17,20H,3,13-16,18H2,1-2H3,(H,28,31). The van der Waals surface area contributed by atoms with E-state index in [-0.39, 0.29) is 17.7 Å². The largest absolute Gasteiger partial charge is 0.495 e. The summed E-state index contributed by atoms with van der Waals surface area (Å²) in [6.45, 7) is 3.79. The minimum atomic E-state index is -0.134. The molecule has 33 heavy (non-hydrogen) atoms. The van der Waals surface area contributed by atoms with Crippen LogP contribution < -0.4 is 10.1 Å². The second-order valence-corrected chi connectivity index (χ2v) is 8.26. The van der Waals surface area contributed by atoms with Crippen molar-refractivity contribution in [2.75, 3.05) is 25.5 Å². The highest BCUT2D eigenvalue weighted by molar-refractivity contribution is 5.96. The molecule has 0 radical (unpaired) electrons. The Labute approximate surface area is 194 Å². The van der Waals surface area contributed by atoms with E-state index in [1.165, 1.54) is 0 Å². The van der Waals surface area contributed by atoms with Crippen LogP contribution in [0.15, 0.2) is 60.8 Å². The molecule has 2 amide bonds. The lowest BCUT2D eigenvalue weighted by molar-refractivity contribution is -0.121. The third-order valence-corrected chi connectivity index (χ3v) is 6.21. The fraction of sp³-hybridized carbons (Fsp3) is 0.346. The SMILES string of the molecule is CCc1c(C(=O)N2CCC(C(=O)Nc3ccccc3OC)CC2)cnn1Cc1ccccc1. The van der Waals surface area contributed by atoms with Gasteiger partial charge < -0.3 is 15.0 Å². The van der Waals surface area contributed by atoms with Crippen molar-refractivity contribution >= 4 is 17.5 Å². The van der Waals surface area contributed by atoms with Gasteiger partial charge in [-0.25, -0.2) is 0 Å². The Morgan fingerprint density at radius 2 is 1.76 bits per heavy atom. The number of nitrogens with zero attached hydrogens (tertiary/aromatic N) is 3. The maximum atomic E-state index is 13.3. The number of methoxy groups -OCH3 is 1. The van der Waals surface area contributed by atoms with Gasteiger partial charge in [-0.05, 0) is 37.0 Å². The van der Waals surface area contributed by atoms with Crippen molar-refractivity contribution in [3.63, 3.8) is 0 Å². The predicted molar refractivity (Wildman–Crippen MR) is 127 cm³/mol. The molecule has 1 aliphatic rings. The van der Waals surface area contributed by atoms with E-state index in [9.17, 15) is 9.59 Å². The van der Waals surface area contributed by atoms with E-state index < -0.39 is 0 Å². The smallest absolute Gasteiger partial charge is 0.257 e. The zero-order valence-electron chi connectivity index (χ0n) is 19.2. The van der Waals surface area contributed by atoms with Crippen LogP contribution in [0.5, 0.6) is 5.75 Å². The molecule has 172 valence electrons. The molecule has 2 heterocycles. The van der Waals surface area contributed by atoms with E-state index in [4.69, 9.17) is 4.74 Å². The molecule has 4 rings (SSSR count). The Balaban J connectivity index is 1.38. The maximum Gasteiger partial charge on any atom is 0.257 e. The average molecular weight is 447 g/mol. The van der Waals surface area contributed by atoms with Crippen molar-refractivity contribution in [1.29, 1.82) is 0 Å². The molecular formula is C26H30N4O3. The van der Waals surface area contributed by atoms with Crippen LogP contribution >= 0.6 is 0 Å². The van der Waals surface area contributed by atoms with E-state index in [1.807, 2.05) is 59.0 Å². The zero-order valence-corrected chi connectivity index (χ0v) is 19.2. The zero-order chi connectivity index (χ0) is 23.2. The molecule has 1 aliphatic heterocycles. The number of ether oxygens (including phenoxy) is 1. The summed E-state index contributed by atoms with van der Waals surface area (Å²) in [6.07, 6.45) is 3.68. The highest BCUT2D eigenvalue weighted by atomic mass is 16.5. The molecule has 1 saturated heterocycles. The van der Waals surface area contributed by atoms with Crippen LogP contribution in [0.25, 0.3) is 0 Å². The second kappa shape index (κ2) is 10.3. The molecule has 0 atom stereocenters. The number of rotatable bonds is 7. The molecule has 1 N–H and O–H groups in total. The second-order valence-electron chi connectivity index (χ2n) is 8.26. The normalized spacial score (nSPS) is 14.2. The summed E-state index contributed by atoms with van der Waals surface area (Å²) in [5.74, 6) is 0.467. The molecular weight excluding hydrogens is 416 g/mol. The molecule has 0 saturated carbocycles. The van der Waals surface area contributed by atoms with Gasteiger partial charge in [0, 0.05) is 19.0 Å². The van der Waals surface area contributed by atoms with E-state index in [0.717, 1.165) is 17.7 Å². The fourth-order valence-corrected chi connectivity index (χ4v) is 4.35. The number of nitrogens with one attached hydrogen (secondary N) is 1. The number of aromatic nitrogens is 2. The summed E-state index contributed by atoms with van der Waals surface area (Å²) in [4.78, 5) is 27.9. The minimum absolute atomic E-state index is 0.00486. The molecule has 0 bridgehead atoms. The van der Waals surface area contributed by atoms with E-state index in [2.05, 4.69) is 22.5 Å². The van der Waals surface area contributed by atoms with Crippen molar-refractivity contribution < 1.29 is 14.3 Å². The van der Waals surface area contributed by atoms with E-state index in [0.29, 0.717) is 49.5 Å². The summed E-state index contributed by atoms with van der Waals surface area (Å²) < 4.78 is 7.23. The molecule has 2 aromatic carbocycles. The highest BCUT2D eigenvalue weighted by Gasteiger charge is 2.30. The molecule has 0 unspecified atom stereocenters. The van der Waals surface area contributed by atoms with E-state index in [1.54, 1.807) is 13.3 Å². The summed E-state index contributed by atoms with van der Waals surface area (Å²) in [5.41, 5.74) is 3.42. The number of para-hydroxylation sites is 2. The van der Waals surface area contributed by atoms with E-state index >= 15 is 0 Å². The monoisotopic (exact) mass is 446 g/mol. The van der Waals surface area contributed by atoms with Gasteiger partial charge in [-0.3, -0.25) is 14.3 Å². The fourth-order valence-electron chi connectivity index (χ4n) is 4.35. The molecule has 0 aliphatic carbocycles.